The Morgan fingerprint density at radius 3 is 2.60 bits per heavy atom. The Hall–Kier alpha value is -2.74. The van der Waals surface area contributed by atoms with Crippen molar-refractivity contribution in [3.8, 4) is 11.5 Å². The van der Waals surface area contributed by atoms with E-state index in [9.17, 15) is 13.2 Å². The van der Waals surface area contributed by atoms with Gasteiger partial charge < -0.3 is 14.8 Å². The molecule has 0 saturated heterocycles. The fourth-order valence-corrected chi connectivity index (χ4v) is 4.42. The number of carbonyl (C=O) groups excluding carboxylic acids is 1. The number of nitrogens with zero attached hydrogens (tertiary/aromatic N) is 1. The van der Waals surface area contributed by atoms with E-state index in [-0.39, 0.29) is 18.2 Å². The summed E-state index contributed by atoms with van der Waals surface area (Å²) in [5.74, 6) is 0.885. The molecule has 1 N–H and O–H groups in total. The number of carbonyl (C=O) groups is 1. The van der Waals surface area contributed by atoms with Crippen molar-refractivity contribution >= 4 is 21.6 Å². The number of rotatable bonds is 9. The minimum absolute atomic E-state index is 0.0299. The van der Waals surface area contributed by atoms with E-state index < -0.39 is 16.1 Å². The molecule has 162 valence electrons. The third-order valence-corrected chi connectivity index (χ3v) is 6.65. The number of aryl methyl sites for hydroxylation is 1. The number of amides is 1. The number of nitrogens with one attached hydrogen (secondary N) is 1. The van der Waals surface area contributed by atoms with E-state index in [2.05, 4.69) is 5.32 Å². The van der Waals surface area contributed by atoms with Gasteiger partial charge in [0.2, 0.25) is 10.0 Å². The Labute approximate surface area is 178 Å². The number of ether oxygens (including phenoxy) is 2. The maximum absolute atomic E-state index is 12.6. The molecule has 1 aliphatic heterocycles. The maximum Gasteiger partial charge on any atom is 0.263 e. The van der Waals surface area contributed by atoms with Gasteiger partial charge in [0.05, 0.1) is 24.6 Å². The summed E-state index contributed by atoms with van der Waals surface area (Å²) in [5.41, 5.74) is 1.63. The molecule has 0 aromatic heterocycles. The molecular formula is C22H28N2O5S. The first-order chi connectivity index (χ1) is 14.4. The average molecular weight is 433 g/mol. The summed E-state index contributed by atoms with van der Waals surface area (Å²) in [5, 5.41) is 2.87. The molecule has 1 heterocycles. The van der Waals surface area contributed by atoms with Crippen LogP contribution < -0.4 is 19.1 Å². The second kappa shape index (κ2) is 9.84. The minimum atomic E-state index is -3.51. The summed E-state index contributed by atoms with van der Waals surface area (Å²) < 4.78 is 37.5. The molecule has 30 heavy (non-hydrogen) atoms. The number of hydrogen-bond donors (Lipinski definition) is 1. The third kappa shape index (κ3) is 5.24. The first-order valence-corrected chi connectivity index (χ1v) is 11.8. The van der Waals surface area contributed by atoms with E-state index in [4.69, 9.17) is 9.47 Å². The van der Waals surface area contributed by atoms with E-state index in [0.717, 1.165) is 24.2 Å². The quantitative estimate of drug-likeness (QED) is 0.616. The summed E-state index contributed by atoms with van der Waals surface area (Å²) in [6, 6.07) is 14.8. The predicted octanol–water partition coefficient (Wildman–Crippen LogP) is 2.75. The highest BCUT2D eigenvalue weighted by Gasteiger charge is 2.35. The molecule has 8 heteroatoms. The SMILES string of the molecule is CCOc1ccc(CCCNC(=O)[C@@H]2CN(S(=O)(=O)CC)c3ccccc3O2)cc1. The molecule has 2 aromatic rings. The summed E-state index contributed by atoms with van der Waals surface area (Å²) in [4.78, 5) is 12.6. The Morgan fingerprint density at radius 1 is 1.17 bits per heavy atom. The van der Waals surface area contributed by atoms with Crippen LogP contribution in [0.3, 0.4) is 0 Å². The van der Waals surface area contributed by atoms with Gasteiger partial charge in [-0.15, -0.1) is 0 Å². The maximum atomic E-state index is 12.6. The van der Waals surface area contributed by atoms with Crippen LogP contribution in [0.1, 0.15) is 25.8 Å². The van der Waals surface area contributed by atoms with Crippen molar-refractivity contribution in [2.45, 2.75) is 32.8 Å². The van der Waals surface area contributed by atoms with Gasteiger partial charge in [-0.1, -0.05) is 24.3 Å². The van der Waals surface area contributed by atoms with Gasteiger partial charge in [0.1, 0.15) is 11.5 Å². The molecule has 7 nitrogen and oxygen atoms in total. The van der Waals surface area contributed by atoms with Crippen LogP contribution in [0.25, 0.3) is 0 Å². The van der Waals surface area contributed by atoms with Crippen molar-refractivity contribution in [1.29, 1.82) is 0 Å². The average Bonchev–Trinajstić information content (AvgIpc) is 2.77. The zero-order valence-corrected chi connectivity index (χ0v) is 18.2. The van der Waals surface area contributed by atoms with E-state index >= 15 is 0 Å². The monoisotopic (exact) mass is 432 g/mol. The summed E-state index contributed by atoms with van der Waals surface area (Å²) >= 11 is 0. The number of sulfonamides is 1. The smallest absolute Gasteiger partial charge is 0.263 e. The van der Waals surface area contributed by atoms with Crippen molar-refractivity contribution in [3.05, 3.63) is 54.1 Å². The Balaban J connectivity index is 1.55. The molecule has 0 spiro atoms. The minimum Gasteiger partial charge on any atom is -0.494 e. The van der Waals surface area contributed by atoms with Crippen molar-refractivity contribution in [2.24, 2.45) is 0 Å². The van der Waals surface area contributed by atoms with Crippen LogP contribution in [0.15, 0.2) is 48.5 Å². The zero-order valence-electron chi connectivity index (χ0n) is 17.3. The van der Waals surface area contributed by atoms with Gasteiger partial charge in [-0.2, -0.15) is 0 Å². The molecule has 0 fully saturated rings. The van der Waals surface area contributed by atoms with Crippen molar-refractivity contribution < 1.29 is 22.7 Å². The lowest BCUT2D eigenvalue weighted by Crippen LogP contribution is -2.51. The highest BCUT2D eigenvalue weighted by Crippen LogP contribution is 2.35. The highest BCUT2D eigenvalue weighted by atomic mass is 32.2. The predicted molar refractivity (Wildman–Crippen MR) is 117 cm³/mol. The molecule has 1 amide bonds. The molecule has 0 aliphatic carbocycles. The summed E-state index contributed by atoms with van der Waals surface area (Å²) in [6.45, 7) is 4.62. The van der Waals surface area contributed by atoms with Crippen LogP contribution >= 0.6 is 0 Å². The molecule has 0 unspecified atom stereocenters. The third-order valence-electron chi connectivity index (χ3n) is 4.90. The molecule has 1 aliphatic rings. The number of para-hydroxylation sites is 2. The van der Waals surface area contributed by atoms with Crippen molar-refractivity contribution in [3.63, 3.8) is 0 Å². The number of benzene rings is 2. The Kier molecular flexibility index (Phi) is 7.20. The summed E-state index contributed by atoms with van der Waals surface area (Å²) in [6.07, 6.45) is 0.698. The fraction of sp³-hybridized carbons (Fsp3) is 0.409. The van der Waals surface area contributed by atoms with Crippen LogP contribution in [-0.4, -0.2) is 45.9 Å². The molecule has 0 radical (unpaired) electrons. The van der Waals surface area contributed by atoms with Crippen LogP contribution in [0.5, 0.6) is 11.5 Å². The van der Waals surface area contributed by atoms with Crippen molar-refractivity contribution in [2.75, 3.05) is 29.8 Å². The van der Waals surface area contributed by atoms with Crippen LogP contribution in [0.4, 0.5) is 5.69 Å². The molecule has 0 bridgehead atoms. The number of fused-ring (bicyclic) bond motifs is 1. The zero-order chi connectivity index (χ0) is 21.6. The van der Waals surface area contributed by atoms with Gasteiger partial charge in [-0.3, -0.25) is 9.10 Å². The standard InChI is InChI=1S/C22H28N2O5S/c1-3-28-18-13-11-17(12-14-18)8-7-15-23-22(25)21-16-24(30(26,27)4-2)19-9-5-6-10-20(19)29-21/h5-6,9-14,21H,3-4,7-8,15-16H2,1-2H3,(H,23,25)/t21-/m0/s1. The van der Waals surface area contributed by atoms with Crippen LogP contribution in [0, 0.1) is 0 Å². The van der Waals surface area contributed by atoms with Gasteiger partial charge in [-0.05, 0) is 56.5 Å². The number of hydrogen-bond acceptors (Lipinski definition) is 5. The van der Waals surface area contributed by atoms with Crippen LogP contribution in [-0.2, 0) is 21.2 Å². The molecule has 0 saturated carbocycles. The first-order valence-electron chi connectivity index (χ1n) is 10.2. The molecule has 3 rings (SSSR count). The van der Waals surface area contributed by atoms with Gasteiger partial charge in [0.25, 0.3) is 5.91 Å². The van der Waals surface area contributed by atoms with E-state index in [1.807, 2.05) is 31.2 Å². The lowest BCUT2D eigenvalue weighted by molar-refractivity contribution is -0.127. The van der Waals surface area contributed by atoms with Gasteiger partial charge in [0.15, 0.2) is 6.10 Å². The van der Waals surface area contributed by atoms with Gasteiger partial charge in [0, 0.05) is 6.54 Å². The first kappa shape index (κ1) is 22.0. The lowest BCUT2D eigenvalue weighted by atomic mass is 10.1. The van der Waals surface area contributed by atoms with Crippen LogP contribution in [0.2, 0.25) is 0 Å². The molecule has 1 atom stereocenters. The van der Waals surface area contributed by atoms with E-state index in [0.29, 0.717) is 24.6 Å². The highest BCUT2D eigenvalue weighted by molar-refractivity contribution is 7.92. The van der Waals surface area contributed by atoms with E-state index in [1.54, 1.807) is 31.2 Å². The fourth-order valence-electron chi connectivity index (χ4n) is 3.29. The topological polar surface area (TPSA) is 84.9 Å². The van der Waals surface area contributed by atoms with Crippen molar-refractivity contribution in [1.82, 2.24) is 5.32 Å². The second-order valence-electron chi connectivity index (χ2n) is 6.98. The van der Waals surface area contributed by atoms with Gasteiger partial charge in [-0.25, -0.2) is 8.42 Å². The molecular weight excluding hydrogens is 404 g/mol. The largest absolute Gasteiger partial charge is 0.494 e. The second-order valence-corrected chi connectivity index (χ2v) is 9.16. The molecule has 2 aromatic carbocycles. The summed E-state index contributed by atoms with van der Waals surface area (Å²) in [7, 11) is -3.51. The Morgan fingerprint density at radius 2 is 1.90 bits per heavy atom. The Bertz CT molecular complexity index is 960. The van der Waals surface area contributed by atoms with E-state index in [1.165, 1.54) is 4.31 Å². The lowest BCUT2D eigenvalue weighted by Gasteiger charge is -2.34. The normalized spacial score (nSPS) is 15.8. The number of anilines is 1. The van der Waals surface area contributed by atoms with Gasteiger partial charge >= 0.3 is 0 Å².